The minimum absolute atomic E-state index is 0.0426. The van der Waals surface area contributed by atoms with Crippen molar-refractivity contribution >= 4 is 52.2 Å². The van der Waals surface area contributed by atoms with Gasteiger partial charge in [-0.05, 0) is 43.4 Å². The molecule has 0 aliphatic rings. The summed E-state index contributed by atoms with van der Waals surface area (Å²) in [4.78, 5) is 33.8. The van der Waals surface area contributed by atoms with Gasteiger partial charge < -0.3 is 10.4 Å². The van der Waals surface area contributed by atoms with Gasteiger partial charge in [0.2, 0.25) is 0 Å². The number of thiocarbonyl (C=S) groups is 1. The van der Waals surface area contributed by atoms with Gasteiger partial charge in [0.15, 0.2) is 5.11 Å². The van der Waals surface area contributed by atoms with Gasteiger partial charge in [-0.1, -0.05) is 17.7 Å². The average Bonchev–Trinajstić information content (AvgIpc) is 2.56. The van der Waals surface area contributed by atoms with E-state index in [1.165, 1.54) is 30.3 Å². The smallest absolute Gasteiger partial charge is 0.337 e. The van der Waals surface area contributed by atoms with Crippen molar-refractivity contribution < 1.29 is 19.6 Å². The summed E-state index contributed by atoms with van der Waals surface area (Å²) in [6, 6.07) is 8.11. The van der Waals surface area contributed by atoms with Gasteiger partial charge in [0.25, 0.3) is 11.6 Å². The summed E-state index contributed by atoms with van der Waals surface area (Å²) < 4.78 is 0. The molecule has 0 spiro atoms. The fourth-order valence-electron chi connectivity index (χ4n) is 2.08. The highest BCUT2D eigenvalue weighted by Gasteiger charge is 2.17. The molecule has 134 valence electrons. The van der Waals surface area contributed by atoms with E-state index in [-0.39, 0.29) is 32.6 Å². The highest BCUT2D eigenvalue weighted by atomic mass is 35.5. The van der Waals surface area contributed by atoms with Crippen LogP contribution in [0.5, 0.6) is 0 Å². The van der Waals surface area contributed by atoms with E-state index in [1.807, 2.05) is 0 Å². The fraction of sp³-hybridized carbons (Fsp3) is 0.0625. The maximum atomic E-state index is 12.2. The second kappa shape index (κ2) is 7.89. The molecule has 0 radical (unpaired) electrons. The van der Waals surface area contributed by atoms with E-state index in [1.54, 1.807) is 6.92 Å². The number of carboxylic acid groups (broad SMARTS) is 1. The van der Waals surface area contributed by atoms with Crippen molar-refractivity contribution in [3.8, 4) is 0 Å². The molecule has 0 aliphatic heterocycles. The third-order valence-corrected chi connectivity index (χ3v) is 3.79. The lowest BCUT2D eigenvalue weighted by Gasteiger charge is -2.12. The Hall–Kier alpha value is -3.04. The van der Waals surface area contributed by atoms with Crippen molar-refractivity contribution in [2.45, 2.75) is 6.92 Å². The predicted octanol–water partition coefficient (Wildman–Crippen LogP) is 3.38. The maximum absolute atomic E-state index is 12.2. The van der Waals surface area contributed by atoms with Crippen LogP contribution in [0.3, 0.4) is 0 Å². The number of carboxylic acids is 1. The van der Waals surface area contributed by atoms with Gasteiger partial charge in [0.1, 0.15) is 0 Å². The van der Waals surface area contributed by atoms with Crippen LogP contribution in [0.25, 0.3) is 0 Å². The number of rotatable bonds is 4. The number of nitrogens with one attached hydrogen (secondary N) is 2. The first-order valence-corrected chi connectivity index (χ1v) is 7.88. The van der Waals surface area contributed by atoms with E-state index in [2.05, 4.69) is 10.6 Å². The van der Waals surface area contributed by atoms with E-state index in [4.69, 9.17) is 23.8 Å². The summed E-state index contributed by atoms with van der Waals surface area (Å²) in [5.74, 6) is -1.89. The molecule has 0 fully saturated rings. The Morgan fingerprint density at radius 2 is 1.92 bits per heavy atom. The van der Waals surface area contributed by atoms with E-state index in [0.29, 0.717) is 5.56 Å². The van der Waals surface area contributed by atoms with Crippen molar-refractivity contribution in [3.63, 3.8) is 0 Å². The number of hydrogen-bond acceptors (Lipinski definition) is 5. The third-order valence-electron chi connectivity index (χ3n) is 3.36. The van der Waals surface area contributed by atoms with Gasteiger partial charge >= 0.3 is 5.97 Å². The first-order chi connectivity index (χ1) is 12.2. The van der Waals surface area contributed by atoms with Crippen LogP contribution in [0.4, 0.5) is 11.4 Å². The number of nitrogens with zero attached hydrogens (tertiary/aromatic N) is 1. The summed E-state index contributed by atoms with van der Waals surface area (Å²) in [7, 11) is 0. The number of aromatic carboxylic acids is 1. The molecule has 0 saturated heterocycles. The molecular weight excluding hydrogens is 382 g/mol. The zero-order chi connectivity index (χ0) is 19.4. The van der Waals surface area contributed by atoms with Gasteiger partial charge in [-0.25, -0.2) is 4.79 Å². The minimum atomic E-state index is -1.22. The monoisotopic (exact) mass is 393 g/mol. The molecule has 2 rings (SSSR count). The zero-order valence-electron chi connectivity index (χ0n) is 13.3. The van der Waals surface area contributed by atoms with Crippen LogP contribution in [0, 0.1) is 17.0 Å². The number of nitro benzene ring substituents is 1. The van der Waals surface area contributed by atoms with E-state index in [9.17, 15) is 24.8 Å². The number of hydrogen-bond donors (Lipinski definition) is 3. The highest BCUT2D eigenvalue weighted by molar-refractivity contribution is 7.80. The van der Waals surface area contributed by atoms with Crippen LogP contribution in [0.2, 0.25) is 5.02 Å². The number of carbonyl (C=O) groups excluding carboxylic acids is 1. The van der Waals surface area contributed by atoms with Crippen molar-refractivity contribution in [3.05, 3.63) is 68.2 Å². The molecule has 8 nitrogen and oxygen atoms in total. The summed E-state index contributed by atoms with van der Waals surface area (Å²) >= 11 is 10.8. The molecule has 0 saturated carbocycles. The van der Waals surface area contributed by atoms with Gasteiger partial charge in [-0.2, -0.15) is 0 Å². The Labute approximate surface area is 157 Å². The standard InChI is InChI=1S/C16H12ClN3O5S/c1-8-2-3-9(6-13(8)20(24)25)14(21)19-16(26)18-12-5-4-10(17)7-11(12)15(22)23/h2-7H,1H3,(H,22,23)(H2,18,19,21,26). The second-order valence-electron chi connectivity index (χ2n) is 5.16. The largest absolute Gasteiger partial charge is 0.478 e. The van der Waals surface area contributed by atoms with Crippen molar-refractivity contribution in [1.82, 2.24) is 5.32 Å². The number of benzene rings is 2. The molecule has 2 aromatic rings. The molecule has 3 N–H and O–H groups in total. The minimum Gasteiger partial charge on any atom is -0.478 e. The van der Waals surface area contributed by atoms with E-state index >= 15 is 0 Å². The van der Waals surface area contributed by atoms with Crippen LogP contribution in [0.15, 0.2) is 36.4 Å². The second-order valence-corrected chi connectivity index (χ2v) is 6.01. The van der Waals surface area contributed by atoms with Gasteiger partial charge in [0.05, 0.1) is 16.2 Å². The Morgan fingerprint density at radius 3 is 2.54 bits per heavy atom. The lowest BCUT2D eigenvalue weighted by Crippen LogP contribution is -2.34. The van der Waals surface area contributed by atoms with Crippen LogP contribution >= 0.6 is 23.8 Å². The van der Waals surface area contributed by atoms with Gasteiger partial charge in [-0.15, -0.1) is 0 Å². The number of carbonyl (C=O) groups is 2. The Morgan fingerprint density at radius 1 is 1.23 bits per heavy atom. The molecule has 0 aliphatic carbocycles. The van der Waals surface area contributed by atoms with Crippen molar-refractivity contribution in [1.29, 1.82) is 0 Å². The lowest BCUT2D eigenvalue weighted by atomic mass is 10.1. The first kappa shape index (κ1) is 19.3. The first-order valence-electron chi connectivity index (χ1n) is 7.09. The summed E-state index contributed by atoms with van der Waals surface area (Å²) in [5.41, 5.74) is 0.282. The molecule has 0 atom stereocenters. The van der Waals surface area contributed by atoms with Crippen LogP contribution < -0.4 is 10.6 Å². The predicted molar refractivity (Wildman–Crippen MR) is 99.9 cm³/mol. The number of nitro groups is 1. The number of aryl methyl sites for hydroxylation is 1. The van der Waals surface area contributed by atoms with E-state index < -0.39 is 16.8 Å². The Bertz CT molecular complexity index is 932. The van der Waals surface area contributed by atoms with Crippen molar-refractivity contribution in [2.24, 2.45) is 0 Å². The van der Waals surface area contributed by atoms with Gasteiger partial charge in [-0.3, -0.25) is 20.2 Å². The molecule has 0 unspecified atom stereocenters. The normalized spacial score (nSPS) is 10.1. The fourth-order valence-corrected chi connectivity index (χ4v) is 2.45. The quantitative estimate of drug-likeness (QED) is 0.413. The van der Waals surface area contributed by atoms with Crippen LogP contribution in [-0.4, -0.2) is 27.0 Å². The molecule has 1 amide bonds. The Balaban J connectivity index is 2.16. The summed E-state index contributed by atoms with van der Waals surface area (Å²) in [6.45, 7) is 1.56. The topological polar surface area (TPSA) is 122 Å². The SMILES string of the molecule is Cc1ccc(C(=O)NC(=S)Nc2ccc(Cl)cc2C(=O)O)cc1[N+](=O)[O-]. The maximum Gasteiger partial charge on any atom is 0.337 e. The highest BCUT2D eigenvalue weighted by Crippen LogP contribution is 2.21. The average molecular weight is 394 g/mol. The number of amides is 1. The number of halogens is 1. The van der Waals surface area contributed by atoms with Crippen molar-refractivity contribution in [2.75, 3.05) is 5.32 Å². The molecule has 2 aromatic carbocycles. The van der Waals surface area contributed by atoms with Crippen LogP contribution in [0.1, 0.15) is 26.3 Å². The van der Waals surface area contributed by atoms with Crippen LogP contribution in [-0.2, 0) is 0 Å². The molecule has 26 heavy (non-hydrogen) atoms. The molecule has 0 bridgehead atoms. The Kier molecular flexibility index (Phi) is 5.86. The summed E-state index contributed by atoms with van der Waals surface area (Å²) in [6.07, 6.45) is 0. The lowest BCUT2D eigenvalue weighted by molar-refractivity contribution is -0.385. The molecule has 0 aromatic heterocycles. The third kappa shape index (κ3) is 4.52. The molecule has 10 heteroatoms. The van der Waals surface area contributed by atoms with Gasteiger partial charge in [0, 0.05) is 22.2 Å². The molecule has 0 heterocycles. The van der Waals surface area contributed by atoms with E-state index in [0.717, 1.165) is 6.07 Å². The number of anilines is 1. The molecular formula is C16H12ClN3O5S. The zero-order valence-corrected chi connectivity index (χ0v) is 14.9. The summed E-state index contributed by atoms with van der Waals surface area (Å²) in [5, 5.41) is 25.1.